The molecule has 2 aromatic rings. The maximum atomic E-state index is 11.8. The van der Waals surface area contributed by atoms with E-state index in [9.17, 15) is 5.53 Å². The Hall–Kier alpha value is -1.82. The summed E-state index contributed by atoms with van der Waals surface area (Å²) in [4.78, 5) is 0. The molecule has 2 nitrogen and oxygen atoms in total. The Labute approximate surface area is 745 Å². The molecule has 1 heterocycles. The summed E-state index contributed by atoms with van der Waals surface area (Å²) in [6.45, 7) is 19.3. The average molecular weight is 1700 g/mol. The van der Waals surface area contributed by atoms with Gasteiger partial charge in [0.05, 0.1) is 0 Å². The first-order chi connectivity index (χ1) is 57.0. The molecule has 0 radical (unpaired) electrons. The van der Waals surface area contributed by atoms with E-state index in [1.807, 2.05) is 0 Å². The minimum absolute atomic E-state index is 0. The number of rotatable bonds is 90. The van der Waals surface area contributed by atoms with Crippen LogP contribution in [0.1, 0.15) is 622 Å². The van der Waals surface area contributed by atoms with Gasteiger partial charge in [-0.1, -0.05) is 585 Å². The predicted octanol–water partition coefficient (Wildman–Crippen LogP) is 41.6. The van der Waals surface area contributed by atoms with Gasteiger partial charge in [0.1, 0.15) is 0 Å². The molecular formula is C113H208N2Pd. The molecule has 0 saturated heterocycles. The third-order valence-corrected chi connectivity index (χ3v) is 25.9. The first-order valence-corrected chi connectivity index (χ1v) is 53.7. The molecule has 1 aliphatic rings. The monoisotopic (exact) mass is 1700 g/mol. The zero-order valence-electron chi connectivity index (χ0n) is 80.0. The molecule has 0 aromatic heterocycles. The Bertz CT molecular complexity index is 2180. The normalized spacial score (nSPS) is 12.1. The van der Waals surface area contributed by atoms with Crippen molar-refractivity contribution >= 4 is 11.4 Å². The van der Waals surface area contributed by atoms with Crippen LogP contribution in [0.2, 0.25) is 0 Å². The van der Waals surface area contributed by atoms with E-state index in [0.717, 1.165) is 61.0 Å². The number of nitrogens with zero attached hydrogens (tertiary/aromatic N) is 2. The van der Waals surface area contributed by atoms with Gasteiger partial charge < -0.3 is 19.4 Å². The van der Waals surface area contributed by atoms with Crippen molar-refractivity contribution in [3.63, 3.8) is 0 Å². The van der Waals surface area contributed by atoms with E-state index in [0.29, 0.717) is 0 Å². The number of allylic oxidation sites excluding steroid dienone is 2. The smallest absolute Gasteiger partial charge is 0.493 e. The molecule has 0 bridgehead atoms. The summed E-state index contributed by atoms with van der Waals surface area (Å²) in [5, 5.41) is 0. The van der Waals surface area contributed by atoms with Crippen LogP contribution >= 0.6 is 0 Å². The molecule has 116 heavy (non-hydrogen) atoms. The van der Waals surface area contributed by atoms with Crippen LogP contribution in [0.3, 0.4) is 0 Å². The molecule has 1 aliphatic heterocycles. The van der Waals surface area contributed by atoms with Crippen molar-refractivity contribution < 1.29 is 25.1 Å². The predicted molar refractivity (Wildman–Crippen MR) is 524 cm³/mol. The van der Waals surface area contributed by atoms with Gasteiger partial charge in [-0.25, -0.2) is 4.70 Å². The fourth-order valence-electron chi connectivity index (χ4n) is 18.0. The summed E-state index contributed by atoms with van der Waals surface area (Å²) in [6, 6.07) is 18.0. The van der Waals surface area contributed by atoms with Gasteiger partial charge in [0, 0.05) is 22.8 Å². The maximum absolute atomic E-state index is 11.8. The van der Waals surface area contributed by atoms with Crippen LogP contribution in [-0.2, 0) is 33.3 Å². The average Bonchev–Trinajstić information content (AvgIpc) is 1.63. The second kappa shape index (κ2) is 97.0. The molecule has 2 aromatic carbocycles. The van der Waals surface area contributed by atoms with Crippen LogP contribution in [-0.4, -0.2) is 4.70 Å². The molecule has 0 saturated carbocycles. The third-order valence-electron chi connectivity index (χ3n) is 25.9. The molecule has 3 rings (SSSR count). The summed E-state index contributed by atoms with van der Waals surface area (Å²) < 4.78 is 1.51. The first-order valence-electron chi connectivity index (χ1n) is 53.7. The Balaban J connectivity index is 0.00000185. The molecule has 0 aliphatic carbocycles. The Morgan fingerprint density at radius 1 is 0.216 bits per heavy atom. The van der Waals surface area contributed by atoms with E-state index in [2.05, 4.69) is 103 Å². The number of hydrogen-bond acceptors (Lipinski definition) is 0. The van der Waals surface area contributed by atoms with Crippen LogP contribution < -0.4 is 0 Å². The number of benzene rings is 2. The van der Waals surface area contributed by atoms with Gasteiger partial charge in [-0.15, -0.1) is 0 Å². The molecule has 3 heteroatoms. The molecule has 0 N–H and O–H groups in total. The second-order valence-corrected chi connectivity index (χ2v) is 37.4. The van der Waals surface area contributed by atoms with Gasteiger partial charge in [0.25, 0.3) is 0 Å². The zero-order chi connectivity index (χ0) is 82.6. The SMILES string of the molecule is CCCCCCCCCCCCCCCCc1cccc(C2=CC(CCCCC)=C(c3cccc(CCCCCCCCCCCCCCCC)c3)[N+]2=[N-])c1.[CH2-]CCCCCCCCCCCCCCCCCCCCCCCCCCCCC.[CH2-]CCCCCCCCCCCCCCCCCCCCCCCCCCCCC.[Pd+2]. The molecule has 680 valence electrons. The topological polar surface area (TPSA) is 25.3 Å². The van der Waals surface area contributed by atoms with Crippen molar-refractivity contribution in [3.8, 4) is 0 Å². The van der Waals surface area contributed by atoms with E-state index in [4.69, 9.17) is 0 Å². The van der Waals surface area contributed by atoms with Crippen molar-refractivity contribution in [2.75, 3.05) is 0 Å². The summed E-state index contributed by atoms with van der Waals surface area (Å²) in [7, 11) is 0. The number of aryl methyl sites for hydroxylation is 2. The minimum Gasteiger partial charge on any atom is -0.493 e. The first kappa shape index (κ1) is 114. The van der Waals surface area contributed by atoms with Gasteiger partial charge >= 0.3 is 20.4 Å². The Kier molecular flexibility index (Phi) is 95.5. The number of unbranched alkanes of at least 4 members (excludes halogenated alkanes) is 82. The summed E-state index contributed by atoms with van der Waals surface area (Å²) >= 11 is 0. The van der Waals surface area contributed by atoms with Gasteiger partial charge in [0.2, 0.25) is 11.4 Å². The summed E-state index contributed by atoms with van der Waals surface area (Å²) in [6.07, 6.45) is 130. The summed E-state index contributed by atoms with van der Waals surface area (Å²) in [5.41, 5.74) is 20.1. The second-order valence-electron chi connectivity index (χ2n) is 37.4. The maximum Gasteiger partial charge on any atom is 2.00 e. The van der Waals surface area contributed by atoms with E-state index in [1.165, 1.54) is 561 Å². The summed E-state index contributed by atoms with van der Waals surface area (Å²) in [5.74, 6) is 0. The largest absolute Gasteiger partial charge is 2.00 e. The van der Waals surface area contributed by atoms with E-state index in [1.54, 1.807) is 0 Å². The molecule has 0 atom stereocenters. The fraction of sp³-hybridized carbons (Fsp3) is 0.841. The van der Waals surface area contributed by atoms with E-state index in [-0.39, 0.29) is 20.4 Å². The molecule has 0 spiro atoms. The molecule has 0 unspecified atom stereocenters. The third kappa shape index (κ3) is 78.2. The van der Waals surface area contributed by atoms with Crippen molar-refractivity contribution in [3.05, 3.63) is 102 Å². The Morgan fingerprint density at radius 3 is 0.603 bits per heavy atom. The number of hydrogen-bond donors (Lipinski definition) is 0. The molecule has 0 fully saturated rings. The van der Waals surface area contributed by atoms with Gasteiger partial charge in [-0.2, -0.15) is 12.8 Å². The van der Waals surface area contributed by atoms with Gasteiger partial charge in [-0.3, -0.25) is 0 Å². The van der Waals surface area contributed by atoms with Gasteiger partial charge in [0.15, 0.2) is 0 Å². The van der Waals surface area contributed by atoms with Crippen LogP contribution in [0, 0.1) is 13.8 Å². The van der Waals surface area contributed by atoms with Crippen LogP contribution in [0.15, 0.2) is 60.2 Å². The van der Waals surface area contributed by atoms with E-state index >= 15 is 0 Å². The zero-order valence-corrected chi connectivity index (χ0v) is 81.5. The van der Waals surface area contributed by atoms with Gasteiger partial charge in [-0.05, 0) is 73.9 Å². The fourth-order valence-corrected chi connectivity index (χ4v) is 18.0. The standard InChI is InChI=1S/C53H86N2.2C30H61.Pd/c1-4-7-10-12-14-16-18-20-22-24-26-28-30-33-37-47-39-35-42-49(44-47)52-46-51(41-32-9-6-3)53(55(52)54)50-43-36-40-48(45-50)38-34-31-29-27-25-23-21-19-17-15-13-11-8-5-2;2*1-3-5-7-9-11-13-15-17-19-21-23-25-27-29-30-28-26-24-22-20-18-16-14-12-10-8-6-4-2;/h35-36,39-40,42-46H,4-34,37-38,41H2,1-3H3;2*1,3-30H2,2H3;/q;2*-1;+2. The van der Waals surface area contributed by atoms with E-state index < -0.39 is 0 Å². The minimum atomic E-state index is 0. The quantitative estimate of drug-likeness (QED) is 0.0273. The van der Waals surface area contributed by atoms with Crippen molar-refractivity contribution in [2.24, 2.45) is 0 Å². The van der Waals surface area contributed by atoms with Crippen molar-refractivity contribution in [1.29, 1.82) is 0 Å². The van der Waals surface area contributed by atoms with Crippen molar-refractivity contribution in [2.45, 2.75) is 612 Å². The molecule has 0 amide bonds. The van der Waals surface area contributed by atoms with Crippen LogP contribution in [0.4, 0.5) is 0 Å². The molecular weight excluding hydrogens is 1490 g/mol. The Morgan fingerprint density at radius 2 is 0.388 bits per heavy atom. The van der Waals surface area contributed by atoms with Crippen molar-refractivity contribution in [1.82, 2.24) is 0 Å². The van der Waals surface area contributed by atoms with Crippen LogP contribution in [0.5, 0.6) is 0 Å². The van der Waals surface area contributed by atoms with Crippen LogP contribution in [0.25, 0.3) is 16.9 Å².